The molecule has 0 saturated carbocycles. The minimum atomic E-state index is 0.736. The van der Waals surface area contributed by atoms with Crippen LogP contribution in [0.2, 0.25) is 0 Å². The van der Waals surface area contributed by atoms with E-state index in [-0.39, 0.29) is 0 Å². The number of aromatic nitrogens is 6. The van der Waals surface area contributed by atoms with Crippen molar-refractivity contribution < 1.29 is 0 Å². The number of nitrogens with zero attached hydrogens (tertiary/aromatic N) is 5. The van der Waals surface area contributed by atoms with Gasteiger partial charge in [-0.15, -0.1) is 0 Å². The Labute approximate surface area is 155 Å². The monoisotopic (exact) mass is 355 g/mol. The molecule has 132 valence electrons. The number of aromatic amines is 2. The van der Waals surface area contributed by atoms with Crippen molar-refractivity contribution in [3.8, 4) is 22.8 Å². The first-order valence-corrected chi connectivity index (χ1v) is 8.61. The van der Waals surface area contributed by atoms with Gasteiger partial charge in [-0.1, -0.05) is 12.1 Å². The summed E-state index contributed by atoms with van der Waals surface area (Å²) in [6.07, 6.45) is 5.45. The van der Waals surface area contributed by atoms with Crippen molar-refractivity contribution in [3.63, 3.8) is 0 Å². The third-order valence-electron chi connectivity index (χ3n) is 4.60. The highest BCUT2D eigenvalue weighted by Gasteiger charge is 2.14. The molecule has 2 N–H and O–H groups in total. The van der Waals surface area contributed by atoms with Crippen molar-refractivity contribution in [2.45, 2.75) is 0 Å². The molecule has 0 aliphatic rings. The molecule has 0 bridgehead atoms. The van der Waals surface area contributed by atoms with Crippen LogP contribution in [0.25, 0.3) is 44.7 Å². The predicted molar refractivity (Wildman–Crippen MR) is 107 cm³/mol. The van der Waals surface area contributed by atoms with Crippen LogP contribution in [0.1, 0.15) is 0 Å². The fraction of sp³-hybridized carbons (Fsp3) is 0.100. The Balaban J connectivity index is 1.65. The minimum Gasteiger partial charge on any atom is -0.376 e. The SMILES string of the molecule is CN(C)c1cncc(-c2cc3c(-c4nc5ccccc5[nH]4)n[nH]c3cn2)c1. The highest BCUT2D eigenvalue weighted by molar-refractivity contribution is 5.94. The summed E-state index contributed by atoms with van der Waals surface area (Å²) in [6.45, 7) is 0. The molecule has 0 aliphatic heterocycles. The number of imidazole rings is 1. The van der Waals surface area contributed by atoms with Gasteiger partial charge < -0.3 is 9.88 Å². The predicted octanol–water partition coefficient (Wildman–Crippen LogP) is 3.63. The molecule has 5 aromatic rings. The highest BCUT2D eigenvalue weighted by atomic mass is 15.1. The van der Waals surface area contributed by atoms with Crippen molar-refractivity contribution in [2.24, 2.45) is 0 Å². The molecule has 7 nitrogen and oxygen atoms in total. The van der Waals surface area contributed by atoms with E-state index in [4.69, 9.17) is 0 Å². The topological polar surface area (TPSA) is 86.4 Å². The van der Waals surface area contributed by atoms with Gasteiger partial charge in [0.1, 0.15) is 5.69 Å². The van der Waals surface area contributed by atoms with E-state index < -0.39 is 0 Å². The van der Waals surface area contributed by atoms with Gasteiger partial charge in [0, 0.05) is 31.2 Å². The Morgan fingerprint density at radius 2 is 1.85 bits per heavy atom. The van der Waals surface area contributed by atoms with E-state index in [2.05, 4.69) is 36.2 Å². The van der Waals surface area contributed by atoms with Crippen molar-refractivity contribution in [2.75, 3.05) is 19.0 Å². The number of anilines is 1. The summed E-state index contributed by atoms with van der Waals surface area (Å²) in [5, 5.41) is 8.47. The van der Waals surface area contributed by atoms with E-state index >= 15 is 0 Å². The van der Waals surface area contributed by atoms with Crippen LogP contribution in [-0.4, -0.2) is 44.2 Å². The van der Waals surface area contributed by atoms with Crippen LogP contribution in [0.4, 0.5) is 5.69 Å². The number of hydrogen-bond donors (Lipinski definition) is 2. The average Bonchev–Trinajstić information content (AvgIpc) is 3.31. The summed E-state index contributed by atoms with van der Waals surface area (Å²) in [5.41, 5.74) is 6.38. The van der Waals surface area contributed by atoms with Gasteiger partial charge in [0.15, 0.2) is 5.82 Å². The lowest BCUT2D eigenvalue weighted by Crippen LogP contribution is -2.08. The minimum absolute atomic E-state index is 0.736. The Bertz CT molecular complexity index is 1230. The number of para-hydroxylation sites is 2. The van der Waals surface area contributed by atoms with Gasteiger partial charge in [0.25, 0.3) is 0 Å². The molecule has 4 aromatic heterocycles. The summed E-state index contributed by atoms with van der Waals surface area (Å²) >= 11 is 0. The number of fused-ring (bicyclic) bond motifs is 2. The van der Waals surface area contributed by atoms with E-state index in [1.165, 1.54) is 0 Å². The molecule has 0 unspecified atom stereocenters. The Hall–Kier alpha value is -3.74. The molecule has 0 amide bonds. The Morgan fingerprint density at radius 3 is 2.70 bits per heavy atom. The van der Waals surface area contributed by atoms with E-state index in [0.29, 0.717) is 0 Å². The zero-order valence-corrected chi connectivity index (χ0v) is 14.9. The summed E-state index contributed by atoms with van der Waals surface area (Å²) in [6, 6.07) is 12.0. The molecule has 4 heterocycles. The highest BCUT2D eigenvalue weighted by Crippen LogP contribution is 2.29. The van der Waals surface area contributed by atoms with Gasteiger partial charge in [-0.3, -0.25) is 15.1 Å². The zero-order chi connectivity index (χ0) is 18.4. The third kappa shape index (κ3) is 2.60. The lowest BCUT2D eigenvalue weighted by molar-refractivity contribution is 1.10. The first-order valence-electron chi connectivity index (χ1n) is 8.61. The van der Waals surface area contributed by atoms with E-state index in [1.807, 2.05) is 61.7 Å². The van der Waals surface area contributed by atoms with Gasteiger partial charge in [-0.25, -0.2) is 4.98 Å². The summed E-state index contributed by atoms with van der Waals surface area (Å²) < 4.78 is 0. The average molecular weight is 355 g/mol. The van der Waals surface area contributed by atoms with Crippen LogP contribution in [0.5, 0.6) is 0 Å². The van der Waals surface area contributed by atoms with Gasteiger partial charge in [0.2, 0.25) is 0 Å². The summed E-state index contributed by atoms with van der Waals surface area (Å²) in [5.74, 6) is 0.736. The summed E-state index contributed by atoms with van der Waals surface area (Å²) in [7, 11) is 3.99. The van der Waals surface area contributed by atoms with Crippen molar-refractivity contribution in [3.05, 3.63) is 55.0 Å². The van der Waals surface area contributed by atoms with Gasteiger partial charge in [-0.05, 0) is 24.3 Å². The standard InChI is InChI=1S/C20H17N7/c1-27(2)13-7-12(9-21-10-13)17-8-14-18(11-22-17)25-26-19(14)20-23-15-5-3-4-6-16(15)24-20/h3-11H,1-2H3,(H,23,24)(H,25,26). The molecular weight excluding hydrogens is 338 g/mol. The Kier molecular flexibility index (Phi) is 3.39. The molecule has 0 aliphatic carbocycles. The fourth-order valence-electron chi connectivity index (χ4n) is 3.13. The van der Waals surface area contributed by atoms with E-state index in [1.54, 1.807) is 6.20 Å². The van der Waals surface area contributed by atoms with Crippen molar-refractivity contribution >= 4 is 27.6 Å². The van der Waals surface area contributed by atoms with Crippen molar-refractivity contribution in [1.82, 2.24) is 30.1 Å². The van der Waals surface area contributed by atoms with E-state index in [9.17, 15) is 0 Å². The number of H-pyrrole nitrogens is 2. The van der Waals surface area contributed by atoms with E-state index in [0.717, 1.165) is 50.4 Å². The quantitative estimate of drug-likeness (QED) is 0.516. The molecule has 0 saturated heterocycles. The van der Waals surface area contributed by atoms with Crippen LogP contribution >= 0.6 is 0 Å². The normalized spacial score (nSPS) is 11.3. The fourth-order valence-corrected chi connectivity index (χ4v) is 3.13. The lowest BCUT2D eigenvalue weighted by Gasteiger charge is -2.12. The van der Waals surface area contributed by atoms with Crippen LogP contribution < -0.4 is 4.90 Å². The number of benzene rings is 1. The van der Waals surface area contributed by atoms with Crippen molar-refractivity contribution in [1.29, 1.82) is 0 Å². The van der Waals surface area contributed by atoms with Crippen LogP contribution in [0.3, 0.4) is 0 Å². The molecule has 27 heavy (non-hydrogen) atoms. The number of hydrogen-bond acceptors (Lipinski definition) is 5. The van der Waals surface area contributed by atoms with Gasteiger partial charge in [-0.2, -0.15) is 5.10 Å². The van der Waals surface area contributed by atoms with Gasteiger partial charge >= 0.3 is 0 Å². The second kappa shape index (κ2) is 5.91. The number of pyridine rings is 2. The molecule has 5 rings (SSSR count). The number of nitrogens with one attached hydrogen (secondary N) is 2. The maximum Gasteiger partial charge on any atom is 0.159 e. The van der Waals surface area contributed by atoms with Crippen LogP contribution in [-0.2, 0) is 0 Å². The third-order valence-corrected chi connectivity index (χ3v) is 4.60. The lowest BCUT2D eigenvalue weighted by atomic mass is 10.1. The van der Waals surface area contributed by atoms with Crippen LogP contribution in [0, 0.1) is 0 Å². The maximum absolute atomic E-state index is 4.67. The molecule has 0 fully saturated rings. The number of rotatable bonds is 3. The molecular formula is C20H17N7. The maximum atomic E-state index is 4.67. The van der Waals surface area contributed by atoms with Gasteiger partial charge in [0.05, 0.1) is 40.3 Å². The molecule has 0 atom stereocenters. The van der Waals surface area contributed by atoms with Crippen LogP contribution in [0.15, 0.2) is 55.0 Å². The first-order chi connectivity index (χ1) is 13.2. The Morgan fingerprint density at radius 1 is 0.963 bits per heavy atom. The molecule has 7 heteroatoms. The molecule has 0 spiro atoms. The smallest absolute Gasteiger partial charge is 0.159 e. The molecule has 0 radical (unpaired) electrons. The first kappa shape index (κ1) is 15.5. The molecule has 1 aromatic carbocycles. The largest absolute Gasteiger partial charge is 0.376 e. The zero-order valence-electron chi connectivity index (χ0n) is 14.9. The second-order valence-corrected chi connectivity index (χ2v) is 6.62. The summed E-state index contributed by atoms with van der Waals surface area (Å²) in [4.78, 5) is 18.9. The second-order valence-electron chi connectivity index (χ2n) is 6.62.